The lowest BCUT2D eigenvalue weighted by Gasteiger charge is -2.23. The fourth-order valence-electron chi connectivity index (χ4n) is 3.10. The van der Waals surface area contributed by atoms with E-state index >= 15 is 0 Å². The number of hydrazone groups is 1. The first kappa shape index (κ1) is 18.8. The van der Waals surface area contributed by atoms with Gasteiger partial charge in [0.1, 0.15) is 13.1 Å². The van der Waals surface area contributed by atoms with Gasteiger partial charge in [0.25, 0.3) is 0 Å². The van der Waals surface area contributed by atoms with Gasteiger partial charge >= 0.3 is 0 Å². The highest BCUT2D eigenvalue weighted by atomic mass is 32.1. The number of hydrogen-bond acceptors (Lipinski definition) is 3. The highest BCUT2D eigenvalue weighted by Crippen LogP contribution is 2.16. The summed E-state index contributed by atoms with van der Waals surface area (Å²) < 4.78 is 5.38. The second-order valence-corrected chi connectivity index (χ2v) is 7.00. The van der Waals surface area contributed by atoms with Gasteiger partial charge in [0.2, 0.25) is 0 Å². The van der Waals surface area contributed by atoms with Crippen molar-refractivity contribution in [2.24, 2.45) is 5.10 Å². The fraction of sp³-hybridized carbons (Fsp3) is 0.400. The van der Waals surface area contributed by atoms with E-state index in [1.54, 1.807) is 4.90 Å². The van der Waals surface area contributed by atoms with Crippen LogP contribution < -0.4 is 15.6 Å². The largest absolute Gasteiger partial charge is 0.370 e. The topological polar surface area (TPSA) is 50.1 Å². The molecule has 0 amide bonds. The molecule has 0 aromatic heterocycles. The van der Waals surface area contributed by atoms with E-state index in [1.165, 1.54) is 10.8 Å². The summed E-state index contributed by atoms with van der Waals surface area (Å²) in [5, 5.41) is 10.7. The van der Waals surface area contributed by atoms with Crippen LogP contribution in [0.3, 0.4) is 0 Å². The van der Waals surface area contributed by atoms with Crippen LogP contribution in [-0.4, -0.2) is 50.2 Å². The zero-order chi connectivity index (χ0) is 18.2. The third kappa shape index (κ3) is 5.49. The highest BCUT2D eigenvalue weighted by molar-refractivity contribution is 7.80. The first-order valence-corrected chi connectivity index (χ1v) is 9.62. The Morgan fingerprint density at radius 1 is 1.15 bits per heavy atom. The first-order valence-electron chi connectivity index (χ1n) is 9.21. The van der Waals surface area contributed by atoms with Crippen molar-refractivity contribution in [2.45, 2.75) is 13.3 Å². The van der Waals surface area contributed by atoms with E-state index < -0.39 is 0 Å². The Kier molecular flexibility index (Phi) is 6.94. The van der Waals surface area contributed by atoms with Crippen LogP contribution >= 0.6 is 12.2 Å². The van der Waals surface area contributed by atoms with E-state index in [-0.39, 0.29) is 0 Å². The Bertz CT molecular complexity index is 771. The summed E-state index contributed by atoms with van der Waals surface area (Å²) >= 11 is 5.31. The summed E-state index contributed by atoms with van der Waals surface area (Å²) in [4.78, 5) is 1.61. The minimum atomic E-state index is 0.571. The van der Waals surface area contributed by atoms with Gasteiger partial charge in [-0.1, -0.05) is 36.4 Å². The third-order valence-electron chi connectivity index (χ3n) is 4.68. The number of hydrogen-bond donors (Lipinski definition) is 3. The standard InChI is InChI=1S/C20H26N4OS/c1-16(18-8-7-17-5-2-3-6-19(17)15-18)22-23-20(26)21-9-4-10-24-11-13-25-14-12-24/h2-3,5-8,15H,4,9-14H2,1H3,(H2,21,23,26)/p+1/b22-16-. The molecule has 0 bridgehead atoms. The van der Waals surface area contributed by atoms with Gasteiger partial charge in [-0.05, 0) is 41.5 Å². The molecule has 0 saturated carbocycles. The summed E-state index contributed by atoms with van der Waals surface area (Å²) in [6.45, 7) is 7.98. The molecule has 0 radical (unpaired) electrons. The van der Waals surface area contributed by atoms with Crippen LogP contribution in [0, 0.1) is 0 Å². The third-order valence-corrected chi connectivity index (χ3v) is 4.92. The molecule has 5 nitrogen and oxygen atoms in total. The number of ether oxygens (including phenoxy) is 1. The van der Waals surface area contributed by atoms with E-state index in [0.29, 0.717) is 5.11 Å². The fourth-order valence-corrected chi connectivity index (χ4v) is 3.25. The molecular weight excluding hydrogens is 344 g/mol. The van der Waals surface area contributed by atoms with Crippen molar-refractivity contribution in [3.05, 3.63) is 48.0 Å². The van der Waals surface area contributed by atoms with E-state index in [1.807, 2.05) is 6.92 Å². The molecule has 2 aromatic carbocycles. The van der Waals surface area contributed by atoms with Crippen molar-refractivity contribution in [1.29, 1.82) is 0 Å². The van der Waals surface area contributed by atoms with Crippen molar-refractivity contribution in [2.75, 3.05) is 39.4 Å². The summed E-state index contributed by atoms with van der Waals surface area (Å²) in [5.74, 6) is 0. The molecule has 0 aliphatic carbocycles. The van der Waals surface area contributed by atoms with E-state index in [2.05, 4.69) is 58.3 Å². The summed E-state index contributed by atoms with van der Waals surface area (Å²) in [5.41, 5.74) is 4.96. The summed E-state index contributed by atoms with van der Waals surface area (Å²) in [6.07, 6.45) is 1.09. The predicted molar refractivity (Wildman–Crippen MR) is 111 cm³/mol. The molecule has 6 heteroatoms. The Morgan fingerprint density at radius 2 is 1.92 bits per heavy atom. The Morgan fingerprint density at radius 3 is 2.73 bits per heavy atom. The Hall–Kier alpha value is -2.02. The van der Waals surface area contributed by atoms with E-state index in [9.17, 15) is 0 Å². The van der Waals surface area contributed by atoms with Gasteiger partial charge in [0.05, 0.1) is 25.5 Å². The molecule has 0 unspecified atom stereocenters. The van der Waals surface area contributed by atoms with Crippen molar-refractivity contribution in [3.8, 4) is 0 Å². The quantitative estimate of drug-likeness (QED) is 0.310. The zero-order valence-electron chi connectivity index (χ0n) is 15.3. The van der Waals surface area contributed by atoms with Crippen molar-refractivity contribution >= 4 is 33.8 Å². The molecule has 1 heterocycles. The van der Waals surface area contributed by atoms with Crippen LogP contribution in [0.25, 0.3) is 10.8 Å². The summed E-state index contributed by atoms with van der Waals surface area (Å²) in [7, 11) is 0. The number of nitrogens with zero attached hydrogens (tertiary/aromatic N) is 1. The molecule has 2 aromatic rings. The number of rotatable bonds is 6. The molecule has 26 heavy (non-hydrogen) atoms. The Balaban J connectivity index is 1.43. The molecule has 1 saturated heterocycles. The van der Waals surface area contributed by atoms with Gasteiger partial charge in [0.15, 0.2) is 5.11 Å². The lowest BCUT2D eigenvalue weighted by Crippen LogP contribution is -3.14. The molecule has 3 rings (SSSR count). The lowest BCUT2D eigenvalue weighted by atomic mass is 10.0. The van der Waals surface area contributed by atoms with Crippen LogP contribution in [0.4, 0.5) is 0 Å². The predicted octanol–water partition coefficient (Wildman–Crippen LogP) is 1.33. The maximum Gasteiger partial charge on any atom is 0.186 e. The zero-order valence-corrected chi connectivity index (χ0v) is 16.1. The Labute approximate surface area is 160 Å². The smallest absolute Gasteiger partial charge is 0.186 e. The normalized spacial score (nSPS) is 15.8. The van der Waals surface area contributed by atoms with Crippen LogP contribution in [0.1, 0.15) is 18.9 Å². The molecule has 1 fully saturated rings. The monoisotopic (exact) mass is 371 g/mol. The SMILES string of the molecule is C/C(=N/NC(=S)NCCC[NH+]1CCOCC1)c1ccc2ccccc2c1. The molecule has 1 aliphatic rings. The van der Waals surface area contributed by atoms with Crippen LogP contribution in [0.2, 0.25) is 0 Å². The number of quaternary nitrogens is 1. The van der Waals surface area contributed by atoms with Gasteiger partial charge in [-0.3, -0.25) is 5.43 Å². The number of thiocarbonyl (C=S) groups is 1. The summed E-state index contributed by atoms with van der Waals surface area (Å²) in [6, 6.07) is 14.7. The van der Waals surface area contributed by atoms with Gasteiger partial charge in [-0.2, -0.15) is 5.10 Å². The molecule has 1 aliphatic heterocycles. The average molecular weight is 372 g/mol. The maximum absolute atomic E-state index is 5.38. The second kappa shape index (κ2) is 9.62. The number of benzene rings is 2. The second-order valence-electron chi connectivity index (χ2n) is 6.59. The van der Waals surface area contributed by atoms with E-state index in [4.69, 9.17) is 17.0 Å². The van der Waals surface area contributed by atoms with Crippen molar-refractivity contribution < 1.29 is 9.64 Å². The van der Waals surface area contributed by atoms with Gasteiger partial charge in [-0.25, -0.2) is 0 Å². The van der Waals surface area contributed by atoms with E-state index in [0.717, 1.165) is 57.1 Å². The van der Waals surface area contributed by atoms with Crippen molar-refractivity contribution in [1.82, 2.24) is 10.7 Å². The van der Waals surface area contributed by atoms with Gasteiger partial charge in [0, 0.05) is 13.0 Å². The molecular formula is C20H27N4OS+. The molecule has 138 valence electrons. The van der Waals surface area contributed by atoms with Crippen molar-refractivity contribution in [3.63, 3.8) is 0 Å². The number of morpholine rings is 1. The molecule has 3 N–H and O–H groups in total. The first-order chi connectivity index (χ1) is 12.7. The minimum absolute atomic E-state index is 0.571. The lowest BCUT2D eigenvalue weighted by molar-refractivity contribution is -0.908. The van der Waals surface area contributed by atoms with Gasteiger partial charge < -0.3 is 15.0 Å². The van der Waals surface area contributed by atoms with Crippen LogP contribution in [-0.2, 0) is 4.74 Å². The molecule has 0 atom stereocenters. The highest BCUT2D eigenvalue weighted by Gasteiger charge is 2.12. The average Bonchev–Trinajstić information content (AvgIpc) is 2.70. The number of fused-ring (bicyclic) bond motifs is 1. The van der Waals surface area contributed by atoms with Gasteiger partial charge in [-0.15, -0.1) is 0 Å². The van der Waals surface area contributed by atoms with Crippen LogP contribution in [0.15, 0.2) is 47.6 Å². The minimum Gasteiger partial charge on any atom is -0.370 e. The van der Waals surface area contributed by atoms with Crippen LogP contribution in [0.5, 0.6) is 0 Å². The maximum atomic E-state index is 5.38. The number of nitrogens with one attached hydrogen (secondary N) is 3. The molecule has 0 spiro atoms.